The summed E-state index contributed by atoms with van der Waals surface area (Å²) in [5, 5.41) is 20.3. The molecule has 1 aromatic rings. The highest BCUT2D eigenvalue weighted by Crippen LogP contribution is 2.27. The molecular formula is C13H15BrN2O5. The van der Waals surface area contributed by atoms with E-state index in [0.29, 0.717) is 23.2 Å². The number of halogens is 1. The molecule has 0 saturated carbocycles. The van der Waals surface area contributed by atoms with Gasteiger partial charge in [0.05, 0.1) is 24.1 Å². The molecule has 1 fully saturated rings. The lowest BCUT2D eigenvalue weighted by atomic mass is 10.0. The van der Waals surface area contributed by atoms with Crippen LogP contribution in [0.2, 0.25) is 0 Å². The third-order valence-electron chi connectivity index (χ3n) is 3.60. The molecule has 1 N–H and O–H groups in total. The maximum Gasteiger partial charge on any atom is 0.310 e. The molecule has 7 nitrogen and oxygen atoms in total. The van der Waals surface area contributed by atoms with Crippen molar-refractivity contribution in [3.63, 3.8) is 0 Å². The normalized spacial score (nSPS) is 21.7. The third-order valence-corrected chi connectivity index (χ3v) is 4.09. The maximum atomic E-state index is 11.2. The Morgan fingerprint density at radius 1 is 1.57 bits per heavy atom. The zero-order chi connectivity index (χ0) is 15.6. The number of nitro benzene ring substituents is 1. The number of benzene rings is 1. The Morgan fingerprint density at radius 2 is 2.29 bits per heavy atom. The summed E-state index contributed by atoms with van der Waals surface area (Å²) in [6, 6.07) is 4.56. The van der Waals surface area contributed by atoms with E-state index in [1.807, 2.05) is 0 Å². The lowest BCUT2D eigenvalue weighted by Crippen LogP contribution is -2.40. The van der Waals surface area contributed by atoms with Crippen molar-refractivity contribution in [3.8, 4) is 0 Å². The molecule has 0 spiro atoms. The smallest absolute Gasteiger partial charge is 0.310 e. The van der Waals surface area contributed by atoms with Crippen molar-refractivity contribution in [2.75, 3.05) is 20.3 Å². The number of hydrogen-bond donors (Lipinski definition) is 1. The van der Waals surface area contributed by atoms with Crippen molar-refractivity contribution < 1.29 is 19.6 Å². The highest BCUT2D eigenvalue weighted by molar-refractivity contribution is 9.10. The van der Waals surface area contributed by atoms with E-state index in [9.17, 15) is 14.9 Å². The standard InChI is InChI=1S/C13H15BrN2O5/c1-15(12-7-21-6-10(12)13(17)18)5-8-2-3-9(14)4-11(8)16(19)20/h2-4,10,12H,5-7H2,1H3,(H,17,18). The van der Waals surface area contributed by atoms with Crippen LogP contribution in [0.15, 0.2) is 22.7 Å². The molecule has 1 aliphatic rings. The summed E-state index contributed by atoms with van der Waals surface area (Å²) in [5.74, 6) is -1.51. The summed E-state index contributed by atoms with van der Waals surface area (Å²) in [5.41, 5.74) is 0.559. The van der Waals surface area contributed by atoms with Crippen molar-refractivity contribution in [1.29, 1.82) is 0 Å². The van der Waals surface area contributed by atoms with Crippen LogP contribution in [0.5, 0.6) is 0 Å². The van der Waals surface area contributed by atoms with Crippen LogP contribution in [0.1, 0.15) is 5.56 Å². The van der Waals surface area contributed by atoms with E-state index in [-0.39, 0.29) is 18.3 Å². The predicted molar refractivity (Wildman–Crippen MR) is 78.0 cm³/mol. The Labute approximate surface area is 129 Å². The summed E-state index contributed by atoms with van der Waals surface area (Å²) >= 11 is 3.21. The first-order chi connectivity index (χ1) is 9.90. The lowest BCUT2D eigenvalue weighted by Gasteiger charge is -2.26. The quantitative estimate of drug-likeness (QED) is 0.638. The zero-order valence-corrected chi connectivity index (χ0v) is 12.9. The molecule has 0 radical (unpaired) electrons. The molecule has 0 aliphatic carbocycles. The molecule has 21 heavy (non-hydrogen) atoms. The Kier molecular flexibility index (Phi) is 4.92. The summed E-state index contributed by atoms with van der Waals surface area (Å²) < 4.78 is 5.86. The van der Waals surface area contributed by atoms with Gasteiger partial charge in [0.25, 0.3) is 5.69 Å². The fourth-order valence-electron chi connectivity index (χ4n) is 2.44. The van der Waals surface area contributed by atoms with E-state index < -0.39 is 16.8 Å². The minimum absolute atomic E-state index is 0.0158. The first-order valence-electron chi connectivity index (χ1n) is 6.33. The molecule has 0 amide bonds. The molecule has 0 bridgehead atoms. The van der Waals surface area contributed by atoms with E-state index >= 15 is 0 Å². The number of carboxylic acid groups (broad SMARTS) is 1. The van der Waals surface area contributed by atoms with Crippen LogP contribution < -0.4 is 0 Å². The number of carboxylic acids is 1. The summed E-state index contributed by atoms with van der Waals surface area (Å²) in [7, 11) is 1.75. The van der Waals surface area contributed by atoms with Gasteiger partial charge >= 0.3 is 5.97 Å². The van der Waals surface area contributed by atoms with Crippen LogP contribution in [0, 0.1) is 16.0 Å². The molecule has 2 atom stereocenters. The van der Waals surface area contributed by atoms with Crippen LogP contribution in [0.25, 0.3) is 0 Å². The average molecular weight is 359 g/mol. The van der Waals surface area contributed by atoms with Gasteiger partial charge in [0, 0.05) is 28.7 Å². The van der Waals surface area contributed by atoms with Crippen LogP contribution in [-0.4, -0.2) is 47.2 Å². The molecular weight excluding hydrogens is 344 g/mol. The molecule has 0 aromatic heterocycles. The summed E-state index contributed by atoms with van der Waals surface area (Å²) in [4.78, 5) is 23.6. The summed E-state index contributed by atoms with van der Waals surface area (Å²) in [6.07, 6.45) is 0. The van der Waals surface area contributed by atoms with Gasteiger partial charge in [0.15, 0.2) is 0 Å². The van der Waals surface area contributed by atoms with Crippen LogP contribution in [0.3, 0.4) is 0 Å². The second-order valence-electron chi connectivity index (χ2n) is 4.99. The Balaban J connectivity index is 2.18. The van der Waals surface area contributed by atoms with Gasteiger partial charge in [-0.2, -0.15) is 0 Å². The van der Waals surface area contributed by atoms with E-state index in [1.54, 1.807) is 24.1 Å². The zero-order valence-electron chi connectivity index (χ0n) is 11.4. The number of nitrogens with zero attached hydrogens (tertiary/aromatic N) is 2. The molecule has 1 aliphatic heterocycles. The molecule has 8 heteroatoms. The van der Waals surface area contributed by atoms with Crippen molar-refractivity contribution in [1.82, 2.24) is 4.90 Å². The van der Waals surface area contributed by atoms with Gasteiger partial charge in [-0.15, -0.1) is 0 Å². The monoisotopic (exact) mass is 358 g/mol. The molecule has 1 heterocycles. The molecule has 2 rings (SSSR count). The average Bonchev–Trinajstić information content (AvgIpc) is 2.90. The first-order valence-corrected chi connectivity index (χ1v) is 7.13. The van der Waals surface area contributed by atoms with Gasteiger partial charge in [-0.1, -0.05) is 15.9 Å². The van der Waals surface area contributed by atoms with Crippen molar-refractivity contribution >= 4 is 27.6 Å². The molecule has 2 unspecified atom stereocenters. The molecule has 114 valence electrons. The topological polar surface area (TPSA) is 92.9 Å². The fourth-order valence-corrected chi connectivity index (χ4v) is 2.79. The van der Waals surface area contributed by atoms with E-state index in [2.05, 4.69) is 15.9 Å². The Morgan fingerprint density at radius 3 is 2.90 bits per heavy atom. The number of carbonyl (C=O) groups is 1. The van der Waals surface area contributed by atoms with Gasteiger partial charge in [-0.3, -0.25) is 19.8 Å². The van der Waals surface area contributed by atoms with Gasteiger partial charge in [0.2, 0.25) is 0 Å². The number of hydrogen-bond acceptors (Lipinski definition) is 5. The highest BCUT2D eigenvalue weighted by atomic mass is 79.9. The number of rotatable bonds is 5. The van der Waals surface area contributed by atoms with E-state index in [4.69, 9.17) is 9.84 Å². The second kappa shape index (κ2) is 6.50. The first kappa shape index (κ1) is 15.9. The number of nitro groups is 1. The lowest BCUT2D eigenvalue weighted by molar-refractivity contribution is -0.385. The van der Waals surface area contributed by atoms with Crippen LogP contribution in [-0.2, 0) is 16.1 Å². The van der Waals surface area contributed by atoms with E-state index in [1.165, 1.54) is 6.07 Å². The van der Waals surface area contributed by atoms with Crippen LogP contribution >= 0.6 is 15.9 Å². The maximum absolute atomic E-state index is 11.2. The minimum Gasteiger partial charge on any atom is -0.481 e. The number of likely N-dealkylation sites (N-methyl/N-ethyl adjacent to an activating group) is 1. The van der Waals surface area contributed by atoms with Crippen molar-refractivity contribution in [3.05, 3.63) is 38.3 Å². The second-order valence-corrected chi connectivity index (χ2v) is 5.91. The van der Waals surface area contributed by atoms with Gasteiger partial charge < -0.3 is 9.84 Å². The highest BCUT2D eigenvalue weighted by Gasteiger charge is 2.37. The van der Waals surface area contributed by atoms with Crippen molar-refractivity contribution in [2.24, 2.45) is 5.92 Å². The van der Waals surface area contributed by atoms with Gasteiger partial charge in [-0.05, 0) is 19.2 Å². The predicted octanol–water partition coefficient (Wildman–Crippen LogP) is 1.89. The third kappa shape index (κ3) is 3.58. The van der Waals surface area contributed by atoms with Crippen LogP contribution in [0.4, 0.5) is 5.69 Å². The molecule has 1 saturated heterocycles. The Bertz CT molecular complexity index is 565. The minimum atomic E-state index is -0.908. The van der Waals surface area contributed by atoms with Gasteiger partial charge in [-0.25, -0.2) is 0 Å². The number of ether oxygens (including phenoxy) is 1. The van der Waals surface area contributed by atoms with E-state index in [0.717, 1.165) is 0 Å². The van der Waals surface area contributed by atoms with Gasteiger partial charge in [0.1, 0.15) is 0 Å². The SMILES string of the molecule is CN(Cc1ccc(Br)cc1[N+](=O)[O-])C1COCC1C(=O)O. The molecule has 1 aromatic carbocycles. The number of aliphatic carboxylic acids is 1. The Hall–Kier alpha value is -1.51. The largest absolute Gasteiger partial charge is 0.481 e. The summed E-state index contributed by atoms with van der Waals surface area (Å²) in [6.45, 7) is 0.784. The fraction of sp³-hybridized carbons (Fsp3) is 0.462. The van der Waals surface area contributed by atoms with Crippen molar-refractivity contribution in [2.45, 2.75) is 12.6 Å².